The van der Waals surface area contributed by atoms with Crippen molar-refractivity contribution in [3.8, 4) is 11.1 Å². The van der Waals surface area contributed by atoms with Gasteiger partial charge in [-0.15, -0.1) is 0 Å². The molecule has 6 heteroatoms. The second-order valence-electron chi connectivity index (χ2n) is 8.47. The lowest BCUT2D eigenvalue weighted by Crippen LogP contribution is -2.13. The number of aryl methyl sites for hydroxylation is 1. The Balaban J connectivity index is 1.50. The average Bonchev–Trinajstić information content (AvgIpc) is 3.32. The van der Waals surface area contributed by atoms with E-state index in [9.17, 15) is 13.2 Å². The summed E-state index contributed by atoms with van der Waals surface area (Å²) in [6, 6.07) is 27.9. The maximum atomic E-state index is 13.2. The number of hydrogen-bond donors (Lipinski definition) is 2. The van der Waals surface area contributed by atoms with Crippen LogP contribution in [-0.4, -0.2) is 14.3 Å². The van der Waals surface area contributed by atoms with Crippen LogP contribution in [0.2, 0.25) is 0 Å². The molecule has 0 radical (unpaired) electrons. The van der Waals surface area contributed by atoms with Gasteiger partial charge in [0.2, 0.25) is 0 Å². The third-order valence-electron chi connectivity index (χ3n) is 6.28. The summed E-state index contributed by atoms with van der Waals surface area (Å²) in [6.07, 6.45) is 0. The SMILES string of the molecule is Cc1ccc(S(=O)(=O)Nc2ccc3c(c2)C(=C2c4ccccc4-c4ccccc42)C(=O)N3)cc1. The molecule has 4 aromatic carbocycles. The fraction of sp³-hybridized carbons (Fsp3) is 0.0357. The number of carbonyl (C=O) groups is 1. The monoisotopic (exact) mass is 464 g/mol. The first kappa shape index (κ1) is 20.4. The van der Waals surface area contributed by atoms with Crippen molar-refractivity contribution >= 4 is 38.5 Å². The Labute approximate surface area is 197 Å². The van der Waals surface area contributed by atoms with E-state index in [-0.39, 0.29) is 10.8 Å². The maximum Gasteiger partial charge on any atom is 0.261 e. The van der Waals surface area contributed by atoms with Crippen LogP contribution in [0.3, 0.4) is 0 Å². The molecule has 0 fully saturated rings. The number of hydrogen-bond acceptors (Lipinski definition) is 3. The highest BCUT2D eigenvalue weighted by molar-refractivity contribution is 7.92. The summed E-state index contributed by atoms with van der Waals surface area (Å²) in [4.78, 5) is 13.4. The van der Waals surface area contributed by atoms with E-state index < -0.39 is 10.0 Å². The molecule has 0 saturated heterocycles. The lowest BCUT2D eigenvalue weighted by atomic mass is 9.94. The minimum atomic E-state index is -3.77. The molecule has 1 amide bonds. The first-order valence-electron chi connectivity index (χ1n) is 10.9. The highest BCUT2D eigenvalue weighted by Crippen LogP contribution is 2.49. The van der Waals surface area contributed by atoms with Crippen molar-refractivity contribution in [2.45, 2.75) is 11.8 Å². The normalized spacial score (nSPS) is 13.9. The van der Waals surface area contributed by atoms with Gasteiger partial charge in [-0.3, -0.25) is 9.52 Å². The van der Waals surface area contributed by atoms with E-state index in [4.69, 9.17) is 0 Å². The van der Waals surface area contributed by atoms with Crippen molar-refractivity contribution < 1.29 is 13.2 Å². The topological polar surface area (TPSA) is 75.3 Å². The van der Waals surface area contributed by atoms with Crippen molar-refractivity contribution in [2.75, 3.05) is 10.0 Å². The van der Waals surface area contributed by atoms with Gasteiger partial charge in [0.05, 0.1) is 10.5 Å². The average molecular weight is 465 g/mol. The van der Waals surface area contributed by atoms with Gasteiger partial charge < -0.3 is 5.32 Å². The Bertz CT molecular complexity index is 1590. The van der Waals surface area contributed by atoms with E-state index in [2.05, 4.69) is 22.2 Å². The molecule has 0 spiro atoms. The summed E-state index contributed by atoms with van der Waals surface area (Å²) in [6.45, 7) is 1.91. The molecule has 1 aliphatic heterocycles. The lowest BCUT2D eigenvalue weighted by Gasteiger charge is -2.11. The van der Waals surface area contributed by atoms with Gasteiger partial charge >= 0.3 is 0 Å². The predicted octanol–water partition coefficient (Wildman–Crippen LogP) is 5.69. The minimum absolute atomic E-state index is 0.185. The first-order chi connectivity index (χ1) is 16.4. The van der Waals surface area contributed by atoms with Crippen molar-refractivity contribution in [1.82, 2.24) is 0 Å². The van der Waals surface area contributed by atoms with Gasteiger partial charge in [0, 0.05) is 22.5 Å². The van der Waals surface area contributed by atoms with Gasteiger partial charge in [-0.2, -0.15) is 0 Å². The Morgan fingerprint density at radius 1 is 0.676 bits per heavy atom. The molecule has 0 atom stereocenters. The molecule has 2 N–H and O–H groups in total. The van der Waals surface area contributed by atoms with Crippen LogP contribution in [0.25, 0.3) is 22.3 Å². The molecule has 0 bridgehead atoms. The fourth-order valence-electron chi connectivity index (χ4n) is 4.70. The zero-order valence-electron chi connectivity index (χ0n) is 18.3. The zero-order chi connectivity index (χ0) is 23.4. The predicted molar refractivity (Wildman–Crippen MR) is 135 cm³/mol. The summed E-state index contributed by atoms with van der Waals surface area (Å²) in [5.74, 6) is -0.199. The Kier molecular flexibility index (Phi) is 4.47. The van der Waals surface area contributed by atoms with Crippen LogP contribution >= 0.6 is 0 Å². The third kappa shape index (κ3) is 3.15. The first-order valence-corrected chi connectivity index (χ1v) is 12.4. The number of sulfonamides is 1. The molecular weight excluding hydrogens is 444 g/mol. The van der Waals surface area contributed by atoms with Crippen molar-refractivity contribution in [3.63, 3.8) is 0 Å². The number of carbonyl (C=O) groups excluding carboxylic acids is 1. The third-order valence-corrected chi connectivity index (χ3v) is 7.68. The number of anilines is 2. The fourth-order valence-corrected chi connectivity index (χ4v) is 5.75. The van der Waals surface area contributed by atoms with E-state index in [0.29, 0.717) is 22.5 Å². The molecule has 1 heterocycles. The van der Waals surface area contributed by atoms with Crippen molar-refractivity contribution in [2.24, 2.45) is 0 Å². The second-order valence-corrected chi connectivity index (χ2v) is 10.2. The standard InChI is InChI=1S/C28H20N2O3S/c1-17-10-13-19(14-11-17)34(32,33)30-18-12-15-25-24(16-18)27(28(31)29-25)26-22-8-4-2-6-20(22)21-7-3-5-9-23(21)26/h2-16,30H,1H3,(H,29,31). The van der Waals surface area contributed by atoms with Gasteiger partial charge in [0.1, 0.15) is 0 Å². The summed E-state index contributed by atoms with van der Waals surface area (Å²) in [5, 5.41) is 2.94. The van der Waals surface area contributed by atoms with Crippen LogP contribution in [0.1, 0.15) is 22.3 Å². The molecule has 0 unspecified atom stereocenters. The molecule has 6 rings (SSSR count). The maximum absolute atomic E-state index is 13.2. The van der Waals surface area contributed by atoms with Crippen LogP contribution < -0.4 is 10.0 Å². The van der Waals surface area contributed by atoms with E-state index in [1.165, 1.54) is 0 Å². The molecule has 0 saturated carbocycles. The molecule has 1 aliphatic carbocycles. The van der Waals surface area contributed by atoms with Crippen LogP contribution in [0.4, 0.5) is 11.4 Å². The van der Waals surface area contributed by atoms with Crippen LogP contribution in [-0.2, 0) is 14.8 Å². The van der Waals surface area contributed by atoms with Crippen LogP contribution in [0.15, 0.2) is 95.9 Å². The lowest BCUT2D eigenvalue weighted by molar-refractivity contribution is -0.110. The van der Waals surface area contributed by atoms with E-state index in [1.54, 1.807) is 42.5 Å². The van der Waals surface area contributed by atoms with Crippen molar-refractivity contribution in [1.29, 1.82) is 0 Å². The smallest absolute Gasteiger partial charge is 0.261 e. The van der Waals surface area contributed by atoms with Gasteiger partial charge in [-0.25, -0.2) is 8.42 Å². The number of amides is 1. The van der Waals surface area contributed by atoms with Gasteiger partial charge in [0.25, 0.3) is 15.9 Å². The molecule has 0 aromatic heterocycles. The molecule has 2 aliphatic rings. The zero-order valence-corrected chi connectivity index (χ0v) is 19.1. The molecule has 166 valence electrons. The summed E-state index contributed by atoms with van der Waals surface area (Å²) < 4.78 is 28.5. The van der Waals surface area contributed by atoms with Gasteiger partial charge in [-0.05, 0) is 59.5 Å². The van der Waals surface area contributed by atoms with E-state index >= 15 is 0 Å². The van der Waals surface area contributed by atoms with Crippen LogP contribution in [0.5, 0.6) is 0 Å². The summed E-state index contributed by atoms with van der Waals surface area (Å²) in [5.41, 5.74) is 8.27. The largest absolute Gasteiger partial charge is 0.321 e. The molecule has 34 heavy (non-hydrogen) atoms. The number of benzene rings is 4. The van der Waals surface area contributed by atoms with Crippen LogP contribution in [0, 0.1) is 6.92 Å². The number of rotatable bonds is 3. The second kappa shape index (κ2) is 7.43. The van der Waals surface area contributed by atoms with Crippen molar-refractivity contribution in [3.05, 3.63) is 113 Å². The molecule has 5 nitrogen and oxygen atoms in total. The Morgan fingerprint density at radius 3 is 1.88 bits per heavy atom. The highest BCUT2D eigenvalue weighted by Gasteiger charge is 2.33. The quantitative estimate of drug-likeness (QED) is 0.337. The number of fused-ring (bicyclic) bond motifs is 4. The summed E-state index contributed by atoms with van der Waals surface area (Å²) >= 11 is 0. The Morgan fingerprint density at radius 2 is 1.26 bits per heavy atom. The molecular formula is C28H20N2O3S. The van der Waals surface area contributed by atoms with E-state index in [0.717, 1.165) is 33.4 Å². The van der Waals surface area contributed by atoms with Gasteiger partial charge in [-0.1, -0.05) is 66.2 Å². The van der Waals surface area contributed by atoms with E-state index in [1.807, 2.05) is 43.3 Å². The Hall–Kier alpha value is -4.16. The highest BCUT2D eigenvalue weighted by atomic mass is 32.2. The van der Waals surface area contributed by atoms with Gasteiger partial charge in [0.15, 0.2) is 0 Å². The minimum Gasteiger partial charge on any atom is -0.321 e. The number of nitrogens with one attached hydrogen (secondary N) is 2. The summed E-state index contributed by atoms with van der Waals surface area (Å²) in [7, 11) is -3.77. The molecule has 4 aromatic rings.